The highest BCUT2D eigenvalue weighted by Crippen LogP contribution is 2.17. The van der Waals surface area contributed by atoms with Gasteiger partial charge in [-0.1, -0.05) is 6.07 Å². The van der Waals surface area contributed by atoms with Crippen LogP contribution in [-0.2, 0) is 17.8 Å². The van der Waals surface area contributed by atoms with E-state index in [1.807, 2.05) is 19.1 Å². The van der Waals surface area contributed by atoms with Crippen molar-refractivity contribution in [1.29, 1.82) is 0 Å². The zero-order chi connectivity index (χ0) is 16.1. The van der Waals surface area contributed by atoms with Crippen LogP contribution in [0.2, 0.25) is 0 Å². The number of amides is 1. The van der Waals surface area contributed by atoms with Crippen molar-refractivity contribution in [2.45, 2.75) is 38.8 Å². The van der Waals surface area contributed by atoms with Crippen molar-refractivity contribution < 1.29 is 4.79 Å². The maximum Gasteiger partial charge on any atom is 0.226 e. The molecule has 1 amide bonds. The van der Waals surface area contributed by atoms with Crippen LogP contribution in [0.1, 0.15) is 29.0 Å². The molecule has 0 saturated carbocycles. The number of aryl methyl sites for hydroxylation is 1. The van der Waals surface area contributed by atoms with Crippen molar-refractivity contribution in [3.8, 4) is 0 Å². The summed E-state index contributed by atoms with van der Waals surface area (Å²) < 4.78 is 0. The molecule has 1 saturated heterocycles. The van der Waals surface area contributed by atoms with Gasteiger partial charge in [-0.25, -0.2) is 0 Å². The zero-order valence-corrected chi connectivity index (χ0v) is 14.3. The van der Waals surface area contributed by atoms with Gasteiger partial charge in [-0.3, -0.25) is 14.7 Å². The Bertz CT molecular complexity index is 641. The smallest absolute Gasteiger partial charge is 0.226 e. The van der Waals surface area contributed by atoms with Crippen molar-refractivity contribution in [3.63, 3.8) is 0 Å². The van der Waals surface area contributed by atoms with Crippen LogP contribution in [0.15, 0.2) is 35.8 Å². The molecule has 3 heterocycles. The molecule has 1 atom stereocenters. The minimum absolute atomic E-state index is 0.0751. The van der Waals surface area contributed by atoms with Crippen molar-refractivity contribution in [2.24, 2.45) is 0 Å². The maximum atomic E-state index is 12.2. The van der Waals surface area contributed by atoms with Gasteiger partial charge in [0.1, 0.15) is 0 Å². The molecule has 2 aromatic rings. The summed E-state index contributed by atoms with van der Waals surface area (Å²) >= 11 is 1.80. The number of nitrogens with zero attached hydrogens (tertiary/aromatic N) is 2. The molecule has 0 bridgehead atoms. The number of hydrogen-bond acceptors (Lipinski definition) is 4. The Hall–Kier alpha value is -1.72. The van der Waals surface area contributed by atoms with E-state index in [1.165, 1.54) is 4.88 Å². The predicted molar refractivity (Wildman–Crippen MR) is 93.4 cm³/mol. The Labute approximate surface area is 141 Å². The first-order valence-electron chi connectivity index (χ1n) is 8.14. The van der Waals surface area contributed by atoms with E-state index in [0.29, 0.717) is 6.42 Å². The Morgan fingerprint density at radius 2 is 2.39 bits per heavy atom. The zero-order valence-electron chi connectivity index (χ0n) is 13.5. The van der Waals surface area contributed by atoms with Crippen LogP contribution in [0, 0.1) is 6.92 Å². The van der Waals surface area contributed by atoms with E-state index in [0.717, 1.165) is 43.7 Å². The number of nitrogens with one attached hydrogen (secondary N) is 1. The fraction of sp³-hybridized carbons (Fsp3) is 0.444. The van der Waals surface area contributed by atoms with E-state index in [2.05, 4.69) is 32.7 Å². The second-order valence-electron chi connectivity index (χ2n) is 6.22. The molecule has 5 heteroatoms. The second-order valence-corrected chi connectivity index (χ2v) is 7.25. The Kier molecular flexibility index (Phi) is 5.41. The SMILES string of the molecule is Cc1ccnc(CC(=O)N[C@H]2CCCN(Cc3cccs3)C2)c1. The standard InChI is InChI=1S/C18H23N3OS/c1-14-6-7-19-16(10-14)11-18(22)20-15-4-2-8-21(12-15)13-17-5-3-9-23-17/h3,5-7,9-10,15H,2,4,8,11-13H2,1H3,(H,20,22)/t15-/m0/s1. The number of thiophene rings is 1. The number of rotatable bonds is 5. The number of likely N-dealkylation sites (tertiary alicyclic amines) is 1. The average molecular weight is 329 g/mol. The highest BCUT2D eigenvalue weighted by molar-refractivity contribution is 7.09. The quantitative estimate of drug-likeness (QED) is 0.917. The lowest BCUT2D eigenvalue weighted by Gasteiger charge is -2.32. The molecule has 4 nitrogen and oxygen atoms in total. The molecule has 0 aromatic carbocycles. The van der Waals surface area contributed by atoms with Gasteiger partial charge in [-0.2, -0.15) is 0 Å². The molecular formula is C18H23N3OS. The van der Waals surface area contributed by atoms with Crippen LogP contribution >= 0.6 is 11.3 Å². The number of piperidine rings is 1. The van der Waals surface area contributed by atoms with E-state index >= 15 is 0 Å². The second kappa shape index (κ2) is 7.70. The van der Waals surface area contributed by atoms with Gasteiger partial charge in [0.05, 0.1) is 6.42 Å². The van der Waals surface area contributed by atoms with Crippen LogP contribution in [0.5, 0.6) is 0 Å². The first-order chi connectivity index (χ1) is 11.2. The summed E-state index contributed by atoms with van der Waals surface area (Å²) in [4.78, 5) is 20.3. The first-order valence-corrected chi connectivity index (χ1v) is 9.02. The van der Waals surface area contributed by atoms with Gasteiger partial charge in [0.15, 0.2) is 0 Å². The number of carbonyl (C=O) groups is 1. The van der Waals surface area contributed by atoms with Gasteiger partial charge in [0.25, 0.3) is 0 Å². The molecule has 122 valence electrons. The van der Waals surface area contributed by atoms with Crippen LogP contribution < -0.4 is 5.32 Å². The Balaban J connectivity index is 1.50. The lowest BCUT2D eigenvalue weighted by molar-refractivity contribution is -0.121. The van der Waals surface area contributed by atoms with E-state index in [9.17, 15) is 4.79 Å². The highest BCUT2D eigenvalue weighted by Gasteiger charge is 2.21. The lowest BCUT2D eigenvalue weighted by atomic mass is 10.1. The third kappa shape index (κ3) is 4.88. The molecule has 1 N–H and O–H groups in total. The Morgan fingerprint density at radius 3 is 3.17 bits per heavy atom. The molecule has 1 aliphatic heterocycles. The molecular weight excluding hydrogens is 306 g/mol. The summed E-state index contributed by atoms with van der Waals surface area (Å²) in [7, 11) is 0. The van der Waals surface area contributed by atoms with Gasteiger partial charge in [-0.05, 0) is 55.5 Å². The van der Waals surface area contributed by atoms with E-state index < -0.39 is 0 Å². The summed E-state index contributed by atoms with van der Waals surface area (Å²) in [6.45, 7) is 5.06. The number of aromatic nitrogens is 1. The summed E-state index contributed by atoms with van der Waals surface area (Å²) in [6.07, 6.45) is 4.33. The summed E-state index contributed by atoms with van der Waals surface area (Å²) in [5.41, 5.74) is 1.98. The maximum absolute atomic E-state index is 12.2. The molecule has 0 aliphatic carbocycles. The molecule has 0 unspecified atom stereocenters. The van der Waals surface area contributed by atoms with E-state index in [1.54, 1.807) is 17.5 Å². The molecule has 1 fully saturated rings. The van der Waals surface area contributed by atoms with Crippen molar-refractivity contribution in [2.75, 3.05) is 13.1 Å². The van der Waals surface area contributed by atoms with Crippen LogP contribution in [-0.4, -0.2) is 34.9 Å². The minimum Gasteiger partial charge on any atom is -0.352 e. The highest BCUT2D eigenvalue weighted by atomic mass is 32.1. The summed E-state index contributed by atoms with van der Waals surface area (Å²) in [5, 5.41) is 5.30. The van der Waals surface area contributed by atoms with Gasteiger partial charge < -0.3 is 5.32 Å². The molecule has 3 rings (SSSR count). The average Bonchev–Trinajstić information content (AvgIpc) is 3.00. The third-order valence-electron chi connectivity index (χ3n) is 4.14. The fourth-order valence-corrected chi connectivity index (χ4v) is 3.82. The van der Waals surface area contributed by atoms with Gasteiger partial charge in [0, 0.05) is 35.9 Å². The first kappa shape index (κ1) is 16.1. The summed E-state index contributed by atoms with van der Waals surface area (Å²) in [6, 6.07) is 8.45. The number of hydrogen-bond donors (Lipinski definition) is 1. The lowest BCUT2D eigenvalue weighted by Crippen LogP contribution is -2.47. The van der Waals surface area contributed by atoms with Crippen LogP contribution in [0.4, 0.5) is 0 Å². The molecule has 0 radical (unpaired) electrons. The topological polar surface area (TPSA) is 45.2 Å². The molecule has 1 aliphatic rings. The number of pyridine rings is 1. The molecule has 23 heavy (non-hydrogen) atoms. The largest absolute Gasteiger partial charge is 0.352 e. The minimum atomic E-state index is 0.0751. The molecule has 2 aromatic heterocycles. The van der Waals surface area contributed by atoms with Gasteiger partial charge >= 0.3 is 0 Å². The molecule has 0 spiro atoms. The normalized spacial score (nSPS) is 18.7. The predicted octanol–water partition coefficient (Wildman–Crippen LogP) is 2.77. The van der Waals surface area contributed by atoms with Crippen molar-refractivity contribution in [3.05, 3.63) is 52.0 Å². The van der Waals surface area contributed by atoms with Crippen molar-refractivity contribution >= 4 is 17.2 Å². The van der Waals surface area contributed by atoms with E-state index in [4.69, 9.17) is 0 Å². The monoisotopic (exact) mass is 329 g/mol. The van der Waals surface area contributed by atoms with Gasteiger partial charge in [-0.15, -0.1) is 11.3 Å². The Morgan fingerprint density at radius 1 is 1.48 bits per heavy atom. The van der Waals surface area contributed by atoms with Crippen LogP contribution in [0.25, 0.3) is 0 Å². The fourth-order valence-electron chi connectivity index (χ4n) is 3.08. The van der Waals surface area contributed by atoms with Gasteiger partial charge in [0.2, 0.25) is 5.91 Å². The van der Waals surface area contributed by atoms with Crippen LogP contribution in [0.3, 0.4) is 0 Å². The summed E-state index contributed by atoms with van der Waals surface area (Å²) in [5.74, 6) is 0.0751. The number of carbonyl (C=O) groups excluding carboxylic acids is 1. The third-order valence-corrected chi connectivity index (χ3v) is 5.01. The van der Waals surface area contributed by atoms with E-state index in [-0.39, 0.29) is 11.9 Å². The van der Waals surface area contributed by atoms with Crippen molar-refractivity contribution in [1.82, 2.24) is 15.2 Å².